The number of nitrogens with zero attached hydrogens (tertiary/aromatic N) is 6. The zero-order chi connectivity index (χ0) is 15.5. The van der Waals surface area contributed by atoms with Crippen molar-refractivity contribution >= 4 is 17.4 Å². The van der Waals surface area contributed by atoms with Crippen LogP contribution in [0.3, 0.4) is 0 Å². The molecule has 7 heteroatoms. The minimum atomic E-state index is 0.474. The van der Waals surface area contributed by atoms with Gasteiger partial charge in [0.05, 0.1) is 16.9 Å². The summed E-state index contributed by atoms with van der Waals surface area (Å²) in [5.74, 6) is 0.958. The van der Waals surface area contributed by atoms with E-state index in [4.69, 9.17) is 11.6 Å². The number of aromatic nitrogens is 4. The minimum Gasteiger partial charge on any atom is -0.354 e. The van der Waals surface area contributed by atoms with E-state index in [-0.39, 0.29) is 0 Å². The predicted molar refractivity (Wildman–Crippen MR) is 87.0 cm³/mol. The maximum absolute atomic E-state index is 6.21. The first-order valence-corrected chi connectivity index (χ1v) is 7.92. The molecule has 0 bridgehead atoms. The van der Waals surface area contributed by atoms with Crippen LogP contribution < -0.4 is 4.90 Å². The Kier molecular flexibility index (Phi) is 4.59. The Bertz CT molecular complexity index is 594. The summed E-state index contributed by atoms with van der Waals surface area (Å²) in [6.45, 7) is 2.80. The number of anilines is 1. The standard InChI is InChI=1S/C15H21ClN6/c1-20(11-14-13(16)9-18-21(14)2)12-5-4-8-22(10-12)15-6-3-7-17-19-15/h3,6-7,9,12H,4-5,8,10-11H2,1-2H3. The zero-order valence-electron chi connectivity index (χ0n) is 13.0. The lowest BCUT2D eigenvalue weighted by Crippen LogP contribution is -2.46. The van der Waals surface area contributed by atoms with Crippen LogP contribution in [0, 0.1) is 0 Å². The van der Waals surface area contributed by atoms with Crippen LogP contribution in [0.4, 0.5) is 5.82 Å². The third-order valence-corrected chi connectivity index (χ3v) is 4.63. The first kappa shape index (κ1) is 15.2. The quantitative estimate of drug-likeness (QED) is 0.862. The normalized spacial score (nSPS) is 18.9. The second-order valence-electron chi connectivity index (χ2n) is 5.80. The first-order valence-electron chi connectivity index (χ1n) is 7.54. The fourth-order valence-corrected chi connectivity index (χ4v) is 3.19. The number of hydrogen-bond acceptors (Lipinski definition) is 5. The van der Waals surface area contributed by atoms with Crippen molar-refractivity contribution in [1.82, 2.24) is 24.9 Å². The van der Waals surface area contributed by atoms with Crippen molar-refractivity contribution in [2.75, 3.05) is 25.0 Å². The third kappa shape index (κ3) is 3.23. The van der Waals surface area contributed by atoms with Crippen molar-refractivity contribution in [2.24, 2.45) is 7.05 Å². The summed E-state index contributed by atoms with van der Waals surface area (Å²) in [5.41, 5.74) is 1.06. The van der Waals surface area contributed by atoms with Gasteiger partial charge in [-0.05, 0) is 32.0 Å². The molecule has 1 aliphatic rings. The summed E-state index contributed by atoms with van der Waals surface area (Å²) in [6, 6.07) is 4.43. The minimum absolute atomic E-state index is 0.474. The van der Waals surface area contributed by atoms with Gasteiger partial charge in [-0.25, -0.2) is 0 Å². The lowest BCUT2D eigenvalue weighted by Gasteiger charge is -2.38. The van der Waals surface area contributed by atoms with Gasteiger partial charge in [0.25, 0.3) is 0 Å². The molecule has 0 amide bonds. The molecule has 1 unspecified atom stereocenters. The Labute approximate surface area is 135 Å². The van der Waals surface area contributed by atoms with Crippen LogP contribution in [0.1, 0.15) is 18.5 Å². The van der Waals surface area contributed by atoms with E-state index in [1.165, 1.54) is 6.42 Å². The van der Waals surface area contributed by atoms with E-state index in [0.717, 1.165) is 42.6 Å². The molecule has 1 atom stereocenters. The van der Waals surface area contributed by atoms with Gasteiger partial charge in [0.15, 0.2) is 5.82 Å². The number of hydrogen-bond donors (Lipinski definition) is 0. The highest BCUT2D eigenvalue weighted by molar-refractivity contribution is 6.31. The fraction of sp³-hybridized carbons (Fsp3) is 0.533. The lowest BCUT2D eigenvalue weighted by molar-refractivity contribution is 0.203. The molecule has 118 valence electrons. The van der Waals surface area contributed by atoms with Crippen LogP contribution in [-0.2, 0) is 13.6 Å². The van der Waals surface area contributed by atoms with E-state index < -0.39 is 0 Å². The van der Waals surface area contributed by atoms with Gasteiger partial charge in [-0.1, -0.05) is 11.6 Å². The van der Waals surface area contributed by atoms with Gasteiger partial charge in [0, 0.05) is 38.9 Å². The van der Waals surface area contributed by atoms with Crippen LogP contribution in [-0.4, -0.2) is 51.1 Å². The molecule has 3 rings (SSSR count). The van der Waals surface area contributed by atoms with Gasteiger partial charge < -0.3 is 4.90 Å². The molecular weight excluding hydrogens is 300 g/mol. The highest BCUT2D eigenvalue weighted by Gasteiger charge is 2.25. The molecule has 0 aromatic carbocycles. The molecule has 0 aliphatic carbocycles. The monoisotopic (exact) mass is 320 g/mol. The summed E-state index contributed by atoms with van der Waals surface area (Å²) in [5, 5.41) is 13.1. The summed E-state index contributed by atoms with van der Waals surface area (Å²) in [4.78, 5) is 4.66. The number of likely N-dealkylation sites (N-methyl/N-ethyl adjacent to an activating group) is 1. The molecule has 22 heavy (non-hydrogen) atoms. The van der Waals surface area contributed by atoms with Gasteiger partial charge in [0.1, 0.15) is 0 Å². The second kappa shape index (κ2) is 6.62. The molecule has 0 saturated carbocycles. The van der Waals surface area contributed by atoms with Gasteiger partial charge in [0.2, 0.25) is 0 Å². The second-order valence-corrected chi connectivity index (χ2v) is 6.21. The number of rotatable bonds is 4. The van der Waals surface area contributed by atoms with E-state index in [1.807, 2.05) is 23.9 Å². The Hall–Kier alpha value is -1.66. The Balaban J connectivity index is 1.67. The number of aryl methyl sites for hydroxylation is 1. The van der Waals surface area contributed by atoms with E-state index in [9.17, 15) is 0 Å². The predicted octanol–water partition coefficient (Wildman–Crippen LogP) is 1.96. The first-order chi connectivity index (χ1) is 10.6. The topological polar surface area (TPSA) is 50.1 Å². The summed E-state index contributed by atoms with van der Waals surface area (Å²) >= 11 is 6.21. The summed E-state index contributed by atoms with van der Waals surface area (Å²) in [6.07, 6.45) is 5.76. The molecule has 1 aliphatic heterocycles. The van der Waals surface area contributed by atoms with Crippen molar-refractivity contribution in [3.63, 3.8) is 0 Å². The largest absolute Gasteiger partial charge is 0.354 e. The van der Waals surface area contributed by atoms with Crippen molar-refractivity contribution < 1.29 is 0 Å². The van der Waals surface area contributed by atoms with Crippen LogP contribution in [0.5, 0.6) is 0 Å². The summed E-state index contributed by atoms with van der Waals surface area (Å²) < 4.78 is 1.85. The molecule has 2 aromatic heterocycles. The average molecular weight is 321 g/mol. The van der Waals surface area contributed by atoms with E-state index in [2.05, 4.69) is 32.1 Å². The molecule has 0 N–H and O–H groups in total. The zero-order valence-corrected chi connectivity index (χ0v) is 13.7. The van der Waals surface area contributed by atoms with E-state index in [0.29, 0.717) is 6.04 Å². The van der Waals surface area contributed by atoms with Crippen LogP contribution in [0.2, 0.25) is 5.02 Å². The lowest BCUT2D eigenvalue weighted by atomic mass is 10.0. The Morgan fingerprint density at radius 2 is 2.32 bits per heavy atom. The van der Waals surface area contributed by atoms with Gasteiger partial charge in [-0.2, -0.15) is 10.2 Å². The maximum atomic E-state index is 6.21. The fourth-order valence-electron chi connectivity index (χ4n) is 2.96. The Morgan fingerprint density at radius 3 is 3.00 bits per heavy atom. The van der Waals surface area contributed by atoms with Gasteiger partial charge >= 0.3 is 0 Å². The molecular formula is C15H21ClN6. The SMILES string of the molecule is CN(Cc1c(Cl)cnn1C)C1CCCN(c2cccnn2)C1. The highest BCUT2D eigenvalue weighted by Crippen LogP contribution is 2.22. The maximum Gasteiger partial charge on any atom is 0.151 e. The smallest absolute Gasteiger partial charge is 0.151 e. The molecule has 1 saturated heterocycles. The number of piperidine rings is 1. The van der Waals surface area contributed by atoms with Crippen molar-refractivity contribution in [2.45, 2.75) is 25.4 Å². The van der Waals surface area contributed by atoms with Crippen LogP contribution >= 0.6 is 11.6 Å². The van der Waals surface area contributed by atoms with Crippen LogP contribution in [0.25, 0.3) is 0 Å². The van der Waals surface area contributed by atoms with Gasteiger partial charge in [-0.3, -0.25) is 9.58 Å². The van der Waals surface area contributed by atoms with E-state index in [1.54, 1.807) is 12.4 Å². The molecule has 2 aromatic rings. The van der Waals surface area contributed by atoms with Gasteiger partial charge in [-0.15, -0.1) is 5.10 Å². The highest BCUT2D eigenvalue weighted by atomic mass is 35.5. The summed E-state index contributed by atoms with van der Waals surface area (Å²) in [7, 11) is 4.08. The van der Waals surface area contributed by atoms with Crippen molar-refractivity contribution in [3.8, 4) is 0 Å². The molecule has 1 fully saturated rings. The van der Waals surface area contributed by atoms with Crippen molar-refractivity contribution in [3.05, 3.63) is 35.2 Å². The molecule has 3 heterocycles. The average Bonchev–Trinajstić information content (AvgIpc) is 2.88. The van der Waals surface area contributed by atoms with E-state index >= 15 is 0 Å². The molecule has 0 radical (unpaired) electrons. The van der Waals surface area contributed by atoms with Crippen LogP contribution in [0.15, 0.2) is 24.5 Å². The Morgan fingerprint density at radius 1 is 1.45 bits per heavy atom. The molecule has 6 nitrogen and oxygen atoms in total. The van der Waals surface area contributed by atoms with Crippen molar-refractivity contribution in [1.29, 1.82) is 0 Å². The number of halogens is 1. The third-order valence-electron chi connectivity index (χ3n) is 4.31. The molecule has 0 spiro atoms.